The number of benzene rings is 1. The molecule has 0 amide bonds. The van der Waals surface area contributed by atoms with Crippen molar-refractivity contribution in [1.29, 1.82) is 0 Å². The second-order valence-electron chi connectivity index (χ2n) is 4.75. The van der Waals surface area contributed by atoms with E-state index in [2.05, 4.69) is 20.6 Å². The van der Waals surface area contributed by atoms with Crippen molar-refractivity contribution < 1.29 is 0 Å². The molecule has 2 heterocycles. The molecule has 0 spiro atoms. The van der Waals surface area contributed by atoms with Crippen LogP contribution in [-0.4, -0.2) is 14.5 Å². The van der Waals surface area contributed by atoms with Gasteiger partial charge >= 0.3 is 0 Å². The molecule has 3 rings (SSSR count). The van der Waals surface area contributed by atoms with Crippen molar-refractivity contribution in [2.45, 2.75) is 13.0 Å². The van der Waals surface area contributed by atoms with Gasteiger partial charge < -0.3 is 10.3 Å². The molecular weight excluding hydrogens is 248 g/mol. The van der Waals surface area contributed by atoms with E-state index in [1.165, 1.54) is 11.1 Å². The molecule has 2 aromatic heterocycles. The summed E-state index contributed by atoms with van der Waals surface area (Å²) in [5, 5.41) is 0. The average molecular weight is 264 g/mol. The predicted octanol–water partition coefficient (Wildman–Crippen LogP) is 2.50. The minimum atomic E-state index is 0.783. The number of hydrogen-bond acceptors (Lipinski definition) is 3. The van der Waals surface area contributed by atoms with E-state index in [1.807, 2.05) is 42.7 Å². The monoisotopic (exact) mass is 264 g/mol. The van der Waals surface area contributed by atoms with Crippen LogP contribution in [0.15, 0.2) is 61.2 Å². The zero-order valence-corrected chi connectivity index (χ0v) is 11.1. The van der Waals surface area contributed by atoms with E-state index in [-0.39, 0.29) is 0 Å². The van der Waals surface area contributed by atoms with Crippen molar-refractivity contribution in [3.63, 3.8) is 0 Å². The molecule has 0 radical (unpaired) electrons. The topological polar surface area (TPSA) is 56.7 Å². The van der Waals surface area contributed by atoms with Gasteiger partial charge in [0.05, 0.1) is 0 Å². The molecule has 0 fully saturated rings. The van der Waals surface area contributed by atoms with Crippen LogP contribution in [0.3, 0.4) is 0 Å². The third-order valence-corrected chi connectivity index (χ3v) is 3.22. The number of anilines is 1. The van der Waals surface area contributed by atoms with Crippen LogP contribution >= 0.6 is 0 Å². The van der Waals surface area contributed by atoms with Crippen LogP contribution in [0, 0.1) is 0 Å². The molecule has 3 aromatic rings. The van der Waals surface area contributed by atoms with Crippen LogP contribution in [0.4, 0.5) is 5.69 Å². The molecule has 4 heteroatoms. The zero-order chi connectivity index (χ0) is 13.8. The molecule has 0 atom stereocenters. The minimum absolute atomic E-state index is 0.783. The van der Waals surface area contributed by atoms with Gasteiger partial charge in [-0.25, -0.2) is 4.98 Å². The van der Waals surface area contributed by atoms with E-state index in [4.69, 9.17) is 5.73 Å². The van der Waals surface area contributed by atoms with Gasteiger partial charge in [-0.05, 0) is 35.4 Å². The Morgan fingerprint density at radius 2 is 1.85 bits per heavy atom. The van der Waals surface area contributed by atoms with Crippen molar-refractivity contribution >= 4 is 5.69 Å². The Hall–Kier alpha value is -2.62. The summed E-state index contributed by atoms with van der Waals surface area (Å²) < 4.78 is 2.15. The molecule has 0 saturated heterocycles. The van der Waals surface area contributed by atoms with Gasteiger partial charge in [0.15, 0.2) is 0 Å². The third kappa shape index (κ3) is 2.85. The second-order valence-corrected chi connectivity index (χ2v) is 4.75. The number of imidazole rings is 1. The fraction of sp³-hybridized carbons (Fsp3) is 0.125. The van der Waals surface area contributed by atoms with E-state index in [1.54, 1.807) is 12.4 Å². The molecule has 0 bridgehead atoms. The van der Waals surface area contributed by atoms with E-state index in [9.17, 15) is 0 Å². The van der Waals surface area contributed by atoms with Crippen LogP contribution in [0.2, 0.25) is 0 Å². The first-order valence-corrected chi connectivity index (χ1v) is 6.54. The lowest BCUT2D eigenvalue weighted by molar-refractivity contribution is 0.740. The van der Waals surface area contributed by atoms with Gasteiger partial charge in [-0.2, -0.15) is 0 Å². The summed E-state index contributed by atoms with van der Waals surface area (Å²) in [6.07, 6.45) is 8.25. The van der Waals surface area contributed by atoms with Gasteiger partial charge in [-0.3, -0.25) is 4.98 Å². The second kappa shape index (κ2) is 5.57. The summed E-state index contributed by atoms with van der Waals surface area (Å²) in [6.45, 7) is 0.783. The largest absolute Gasteiger partial charge is 0.399 e. The molecule has 20 heavy (non-hydrogen) atoms. The first-order valence-electron chi connectivity index (χ1n) is 6.54. The minimum Gasteiger partial charge on any atom is -0.399 e. The number of nitrogens with two attached hydrogens (primary N) is 1. The SMILES string of the molecule is Nc1cccc(Cn2ccnc2Cc2ccncc2)c1. The van der Waals surface area contributed by atoms with Crippen LogP contribution in [-0.2, 0) is 13.0 Å². The highest BCUT2D eigenvalue weighted by Gasteiger charge is 2.05. The number of nitrogen functional groups attached to an aromatic ring is 1. The lowest BCUT2D eigenvalue weighted by Crippen LogP contribution is -2.05. The van der Waals surface area contributed by atoms with Crippen LogP contribution < -0.4 is 5.73 Å². The van der Waals surface area contributed by atoms with Crippen LogP contribution in [0.5, 0.6) is 0 Å². The molecule has 0 unspecified atom stereocenters. The Balaban J connectivity index is 1.80. The summed E-state index contributed by atoms with van der Waals surface area (Å²) in [5.41, 5.74) is 9.00. The maximum Gasteiger partial charge on any atom is 0.113 e. The van der Waals surface area contributed by atoms with Crippen LogP contribution in [0.25, 0.3) is 0 Å². The van der Waals surface area contributed by atoms with Crippen LogP contribution in [0.1, 0.15) is 17.0 Å². The maximum atomic E-state index is 5.82. The van der Waals surface area contributed by atoms with Crippen molar-refractivity contribution in [2.24, 2.45) is 0 Å². The van der Waals surface area contributed by atoms with E-state index >= 15 is 0 Å². The Morgan fingerprint density at radius 3 is 2.65 bits per heavy atom. The van der Waals surface area contributed by atoms with Gasteiger partial charge in [0.2, 0.25) is 0 Å². The standard InChI is InChI=1S/C16H16N4/c17-15-3-1-2-14(10-15)12-20-9-8-19-16(20)11-13-4-6-18-7-5-13/h1-10H,11-12,17H2. The van der Waals surface area contributed by atoms with Gasteiger partial charge in [-0.1, -0.05) is 12.1 Å². The van der Waals surface area contributed by atoms with Gasteiger partial charge in [-0.15, -0.1) is 0 Å². The number of pyridine rings is 1. The first kappa shape index (κ1) is 12.4. The van der Waals surface area contributed by atoms with Crippen molar-refractivity contribution in [1.82, 2.24) is 14.5 Å². The molecule has 0 aliphatic rings. The summed E-state index contributed by atoms with van der Waals surface area (Å²) in [5.74, 6) is 1.04. The highest BCUT2D eigenvalue weighted by Crippen LogP contribution is 2.12. The lowest BCUT2D eigenvalue weighted by atomic mass is 10.1. The first-order chi connectivity index (χ1) is 9.81. The van der Waals surface area contributed by atoms with Gasteiger partial charge in [0.1, 0.15) is 5.82 Å². The Labute approximate surface area is 117 Å². The molecule has 0 saturated carbocycles. The van der Waals surface area contributed by atoms with Gasteiger partial charge in [0.25, 0.3) is 0 Å². The quantitative estimate of drug-likeness (QED) is 0.737. The number of hydrogen-bond donors (Lipinski definition) is 1. The zero-order valence-electron chi connectivity index (χ0n) is 11.1. The Bertz CT molecular complexity index is 688. The highest BCUT2D eigenvalue weighted by atomic mass is 15.1. The van der Waals surface area contributed by atoms with Crippen molar-refractivity contribution in [3.05, 3.63) is 78.1 Å². The number of aromatic nitrogens is 3. The summed E-state index contributed by atoms with van der Waals surface area (Å²) in [6, 6.07) is 12.0. The average Bonchev–Trinajstić information content (AvgIpc) is 2.87. The van der Waals surface area contributed by atoms with Crippen molar-refractivity contribution in [3.8, 4) is 0 Å². The Kier molecular flexibility index (Phi) is 3.46. The molecule has 2 N–H and O–H groups in total. The summed E-state index contributed by atoms with van der Waals surface area (Å²) in [4.78, 5) is 8.47. The normalized spacial score (nSPS) is 10.6. The lowest BCUT2D eigenvalue weighted by Gasteiger charge is -2.08. The van der Waals surface area contributed by atoms with E-state index in [0.29, 0.717) is 0 Å². The molecule has 0 aliphatic heterocycles. The predicted molar refractivity (Wildman–Crippen MR) is 79.2 cm³/mol. The highest BCUT2D eigenvalue weighted by molar-refractivity contribution is 5.40. The fourth-order valence-corrected chi connectivity index (χ4v) is 2.22. The Morgan fingerprint density at radius 1 is 1.00 bits per heavy atom. The fourth-order valence-electron chi connectivity index (χ4n) is 2.22. The van der Waals surface area contributed by atoms with Crippen molar-refractivity contribution in [2.75, 3.05) is 5.73 Å². The third-order valence-electron chi connectivity index (χ3n) is 3.22. The maximum absolute atomic E-state index is 5.82. The molecule has 0 aliphatic carbocycles. The molecule has 1 aromatic carbocycles. The molecular formula is C16H16N4. The number of rotatable bonds is 4. The smallest absolute Gasteiger partial charge is 0.113 e. The van der Waals surface area contributed by atoms with Gasteiger partial charge in [0, 0.05) is 43.4 Å². The van der Waals surface area contributed by atoms with E-state index < -0.39 is 0 Å². The summed E-state index contributed by atoms with van der Waals surface area (Å²) >= 11 is 0. The summed E-state index contributed by atoms with van der Waals surface area (Å²) in [7, 11) is 0. The number of nitrogens with zero attached hydrogens (tertiary/aromatic N) is 3. The van der Waals surface area contributed by atoms with E-state index in [0.717, 1.165) is 24.5 Å². The molecule has 100 valence electrons. The molecule has 4 nitrogen and oxygen atoms in total.